The first-order chi connectivity index (χ1) is 12.5. The van der Waals surface area contributed by atoms with Gasteiger partial charge in [-0.15, -0.1) is 0 Å². The third-order valence-corrected chi connectivity index (χ3v) is 4.14. The van der Waals surface area contributed by atoms with Gasteiger partial charge in [-0.3, -0.25) is 0 Å². The van der Waals surface area contributed by atoms with Gasteiger partial charge in [0.1, 0.15) is 17.4 Å². The fourth-order valence-electron chi connectivity index (χ4n) is 2.51. The molecule has 0 saturated heterocycles. The number of hydrogen-bond donors (Lipinski definition) is 2. The van der Waals surface area contributed by atoms with E-state index in [2.05, 4.69) is 10.3 Å². The van der Waals surface area contributed by atoms with E-state index in [1.807, 2.05) is 20.8 Å². The number of nitrogens with zero attached hydrogens (tertiary/aromatic N) is 1. The normalized spacial score (nSPS) is 12.4. The highest BCUT2D eigenvalue weighted by atomic mass is 19.1. The number of ether oxygens (including phenoxy) is 1. The first-order valence-corrected chi connectivity index (χ1v) is 8.88. The molecule has 4 nitrogen and oxygen atoms in total. The molecule has 2 N–H and O–H groups in total. The number of aliphatic hydroxyl groups excluding tert-OH is 1. The molecule has 1 atom stereocenters. The van der Waals surface area contributed by atoms with E-state index in [1.54, 1.807) is 12.1 Å². The second-order valence-electron chi connectivity index (χ2n) is 6.53. The van der Waals surface area contributed by atoms with Crippen LogP contribution in [0, 0.1) is 17.6 Å². The Morgan fingerprint density at radius 2 is 1.88 bits per heavy atom. The van der Waals surface area contributed by atoms with Crippen LogP contribution < -0.4 is 10.1 Å². The molecular formula is C20H26F2N2O2. The number of aromatic nitrogens is 1. The molecule has 2 rings (SSSR count). The summed E-state index contributed by atoms with van der Waals surface area (Å²) in [6.45, 7) is 6.55. The minimum Gasteiger partial charge on any atom is -0.494 e. The molecule has 1 aromatic heterocycles. The summed E-state index contributed by atoms with van der Waals surface area (Å²) >= 11 is 0. The monoisotopic (exact) mass is 364 g/mol. The third kappa shape index (κ3) is 5.22. The van der Waals surface area contributed by atoms with Crippen LogP contribution in [0.5, 0.6) is 5.75 Å². The molecule has 0 radical (unpaired) electrons. The van der Waals surface area contributed by atoms with Crippen molar-refractivity contribution in [3.63, 3.8) is 0 Å². The Morgan fingerprint density at radius 1 is 1.15 bits per heavy atom. The van der Waals surface area contributed by atoms with Gasteiger partial charge in [0, 0.05) is 18.2 Å². The van der Waals surface area contributed by atoms with Crippen LogP contribution in [0.25, 0.3) is 11.3 Å². The molecule has 2 aromatic rings. The molecule has 0 amide bonds. The lowest BCUT2D eigenvalue weighted by atomic mass is 10.1. The van der Waals surface area contributed by atoms with Gasteiger partial charge in [0.25, 0.3) is 0 Å². The predicted molar refractivity (Wildman–Crippen MR) is 97.9 cm³/mol. The number of nitrogens with one attached hydrogen (secondary N) is 1. The predicted octanol–water partition coefficient (Wildman–Crippen LogP) is 3.92. The molecule has 0 spiro atoms. The van der Waals surface area contributed by atoms with Crippen LogP contribution in [0.1, 0.15) is 32.9 Å². The zero-order valence-corrected chi connectivity index (χ0v) is 15.4. The topological polar surface area (TPSA) is 54.4 Å². The van der Waals surface area contributed by atoms with Crippen LogP contribution in [0.3, 0.4) is 0 Å². The Bertz CT molecular complexity index is 723. The van der Waals surface area contributed by atoms with Crippen LogP contribution in [-0.4, -0.2) is 29.3 Å². The number of rotatable bonds is 9. The van der Waals surface area contributed by atoms with Crippen molar-refractivity contribution in [2.75, 3.05) is 13.2 Å². The molecule has 1 heterocycles. The summed E-state index contributed by atoms with van der Waals surface area (Å²) in [6.07, 6.45) is 0.846. The van der Waals surface area contributed by atoms with E-state index >= 15 is 0 Å². The van der Waals surface area contributed by atoms with Crippen molar-refractivity contribution in [2.24, 2.45) is 5.92 Å². The quantitative estimate of drug-likeness (QED) is 0.708. The van der Waals surface area contributed by atoms with Gasteiger partial charge in [0.2, 0.25) is 0 Å². The average Bonchev–Trinajstić information content (AvgIpc) is 2.62. The lowest BCUT2D eigenvalue weighted by Crippen LogP contribution is -2.37. The van der Waals surface area contributed by atoms with E-state index in [-0.39, 0.29) is 36.4 Å². The fourth-order valence-corrected chi connectivity index (χ4v) is 2.51. The average molecular weight is 364 g/mol. The second-order valence-corrected chi connectivity index (χ2v) is 6.53. The highest BCUT2D eigenvalue weighted by Crippen LogP contribution is 2.26. The molecule has 0 aliphatic carbocycles. The standard InChI is InChI=1S/C20H26F2N2O2/c1-4-9-26-14-5-6-16(21)15(10-14)18-8-7-17(22)19(24-18)11-23-20(12-25)13(2)3/h5-8,10,13,20,23,25H,4,9,11-12H2,1-3H3/t20-/m0/s1. The van der Waals surface area contributed by atoms with Gasteiger partial charge in [-0.25, -0.2) is 13.8 Å². The number of hydrogen-bond acceptors (Lipinski definition) is 4. The SMILES string of the molecule is CCCOc1ccc(F)c(-c2ccc(F)c(CN[C@@H](CO)C(C)C)n2)c1. The Balaban J connectivity index is 2.25. The maximum absolute atomic E-state index is 14.2. The third-order valence-electron chi connectivity index (χ3n) is 4.14. The van der Waals surface area contributed by atoms with Crippen LogP contribution in [0.15, 0.2) is 30.3 Å². The van der Waals surface area contributed by atoms with Crippen LogP contribution in [-0.2, 0) is 6.54 Å². The van der Waals surface area contributed by atoms with E-state index in [1.165, 1.54) is 18.2 Å². The summed E-state index contributed by atoms with van der Waals surface area (Å²) in [5.41, 5.74) is 0.788. The summed E-state index contributed by atoms with van der Waals surface area (Å²) < 4.78 is 33.9. The number of aliphatic hydroxyl groups is 1. The van der Waals surface area contributed by atoms with Gasteiger partial charge in [0.05, 0.1) is 24.6 Å². The number of pyridine rings is 1. The van der Waals surface area contributed by atoms with Gasteiger partial charge < -0.3 is 15.2 Å². The summed E-state index contributed by atoms with van der Waals surface area (Å²) in [4.78, 5) is 4.28. The van der Waals surface area contributed by atoms with Gasteiger partial charge >= 0.3 is 0 Å². The maximum atomic E-state index is 14.2. The van der Waals surface area contributed by atoms with Gasteiger partial charge in [-0.1, -0.05) is 20.8 Å². The first-order valence-electron chi connectivity index (χ1n) is 8.88. The Morgan fingerprint density at radius 3 is 2.54 bits per heavy atom. The van der Waals surface area contributed by atoms with Crippen LogP contribution in [0.2, 0.25) is 0 Å². The van der Waals surface area contributed by atoms with Crippen molar-refractivity contribution in [1.82, 2.24) is 10.3 Å². The minimum atomic E-state index is -0.472. The molecule has 0 saturated carbocycles. The fraction of sp³-hybridized carbons (Fsp3) is 0.450. The summed E-state index contributed by atoms with van der Waals surface area (Å²) in [6, 6.07) is 7.03. The molecular weight excluding hydrogens is 338 g/mol. The van der Waals surface area contributed by atoms with Crippen LogP contribution in [0.4, 0.5) is 8.78 Å². The van der Waals surface area contributed by atoms with E-state index in [0.717, 1.165) is 6.42 Å². The van der Waals surface area contributed by atoms with Crippen molar-refractivity contribution >= 4 is 0 Å². The molecule has 0 aliphatic heterocycles. The highest BCUT2D eigenvalue weighted by Gasteiger charge is 2.15. The van der Waals surface area contributed by atoms with E-state index in [4.69, 9.17) is 4.74 Å². The molecule has 6 heteroatoms. The number of halogens is 2. The highest BCUT2D eigenvalue weighted by molar-refractivity contribution is 5.62. The molecule has 1 aromatic carbocycles. The number of benzene rings is 1. The van der Waals surface area contributed by atoms with Gasteiger partial charge in [-0.2, -0.15) is 0 Å². The molecule has 26 heavy (non-hydrogen) atoms. The smallest absolute Gasteiger partial charge is 0.146 e. The molecule has 0 bridgehead atoms. The van der Waals surface area contributed by atoms with E-state index in [0.29, 0.717) is 18.1 Å². The Hall–Kier alpha value is -2.05. The van der Waals surface area contributed by atoms with Crippen molar-refractivity contribution < 1.29 is 18.6 Å². The Kier molecular flexibility index (Phi) is 7.48. The van der Waals surface area contributed by atoms with Gasteiger partial charge in [-0.05, 0) is 42.7 Å². The lowest BCUT2D eigenvalue weighted by molar-refractivity contribution is 0.209. The summed E-state index contributed by atoms with van der Waals surface area (Å²) in [5.74, 6) is -0.173. The maximum Gasteiger partial charge on any atom is 0.146 e. The van der Waals surface area contributed by atoms with E-state index in [9.17, 15) is 13.9 Å². The first kappa shape index (κ1) is 20.3. The lowest BCUT2D eigenvalue weighted by Gasteiger charge is -2.20. The molecule has 0 unspecified atom stereocenters. The molecule has 142 valence electrons. The summed E-state index contributed by atoms with van der Waals surface area (Å²) in [5, 5.41) is 12.5. The van der Waals surface area contributed by atoms with Crippen molar-refractivity contribution in [3.8, 4) is 17.0 Å². The van der Waals surface area contributed by atoms with Crippen molar-refractivity contribution in [3.05, 3.63) is 47.7 Å². The zero-order valence-electron chi connectivity index (χ0n) is 15.4. The van der Waals surface area contributed by atoms with Crippen LogP contribution >= 0.6 is 0 Å². The zero-order chi connectivity index (χ0) is 19.1. The van der Waals surface area contributed by atoms with Crippen molar-refractivity contribution in [1.29, 1.82) is 0 Å². The minimum absolute atomic E-state index is 0.0512. The second kappa shape index (κ2) is 9.59. The molecule has 0 fully saturated rings. The molecule has 0 aliphatic rings. The van der Waals surface area contributed by atoms with Gasteiger partial charge in [0.15, 0.2) is 0 Å². The van der Waals surface area contributed by atoms with E-state index < -0.39 is 11.6 Å². The summed E-state index contributed by atoms with van der Waals surface area (Å²) in [7, 11) is 0. The Labute approximate surface area is 153 Å². The van der Waals surface area contributed by atoms with Crippen molar-refractivity contribution in [2.45, 2.75) is 39.8 Å². The largest absolute Gasteiger partial charge is 0.494 e.